The molecule has 0 unspecified atom stereocenters. The van der Waals surface area contributed by atoms with Crippen LogP contribution in [0.3, 0.4) is 0 Å². The molecule has 0 heterocycles. The molecule has 1 aromatic carbocycles. The van der Waals surface area contributed by atoms with Crippen molar-refractivity contribution < 1.29 is 9.50 Å². The Labute approximate surface area is 102 Å². The summed E-state index contributed by atoms with van der Waals surface area (Å²) in [4.78, 5) is 0. The van der Waals surface area contributed by atoms with E-state index in [9.17, 15) is 9.50 Å². The highest BCUT2D eigenvalue weighted by atomic mass is 19.1. The number of aliphatic hydroxyl groups excluding tert-OH is 1. The molecule has 0 amide bonds. The second-order valence-electron chi connectivity index (χ2n) is 4.90. The normalized spacial score (nSPS) is 26.8. The molecular formula is C14H20FNO. The third-order valence-corrected chi connectivity index (χ3v) is 3.56. The Balaban J connectivity index is 1.95. The molecule has 0 radical (unpaired) electrons. The molecule has 3 atom stereocenters. The van der Waals surface area contributed by atoms with Crippen LogP contribution < -0.4 is 5.32 Å². The Morgan fingerprint density at radius 2 is 1.88 bits per heavy atom. The van der Waals surface area contributed by atoms with Crippen molar-refractivity contribution >= 4 is 0 Å². The van der Waals surface area contributed by atoms with Crippen LogP contribution in [0.25, 0.3) is 0 Å². The van der Waals surface area contributed by atoms with Crippen molar-refractivity contribution in [1.82, 2.24) is 5.32 Å². The van der Waals surface area contributed by atoms with Crippen molar-refractivity contribution in [2.75, 3.05) is 0 Å². The fraction of sp³-hybridized carbons (Fsp3) is 0.571. The molecule has 0 aromatic heterocycles. The lowest BCUT2D eigenvalue weighted by Gasteiger charge is -2.31. The van der Waals surface area contributed by atoms with E-state index in [1.807, 2.05) is 0 Å². The first-order valence-electron chi connectivity index (χ1n) is 6.36. The van der Waals surface area contributed by atoms with Gasteiger partial charge in [0.1, 0.15) is 5.82 Å². The fourth-order valence-corrected chi connectivity index (χ4v) is 2.47. The molecule has 0 aliphatic heterocycles. The lowest BCUT2D eigenvalue weighted by Crippen LogP contribution is -2.43. The Kier molecular flexibility index (Phi) is 4.13. The van der Waals surface area contributed by atoms with E-state index in [4.69, 9.17) is 0 Å². The van der Waals surface area contributed by atoms with E-state index in [1.165, 1.54) is 18.6 Å². The highest BCUT2D eigenvalue weighted by Gasteiger charge is 2.24. The van der Waals surface area contributed by atoms with E-state index in [1.54, 1.807) is 12.1 Å². The minimum absolute atomic E-state index is 0.147. The summed E-state index contributed by atoms with van der Waals surface area (Å²) >= 11 is 0. The standard InChI is InChI=1S/C14H20FNO/c1-10(11-6-8-12(15)9-7-11)16-13-4-2-3-5-14(13)17/h6-10,13-14,16-17H,2-5H2,1H3/t10-,13-,14-/m1/s1. The Bertz CT molecular complexity index is 352. The molecule has 1 fully saturated rings. The number of hydrogen-bond acceptors (Lipinski definition) is 2. The molecule has 2 rings (SSSR count). The third-order valence-electron chi connectivity index (χ3n) is 3.56. The van der Waals surface area contributed by atoms with Gasteiger partial charge in [-0.1, -0.05) is 25.0 Å². The first-order valence-corrected chi connectivity index (χ1v) is 6.36. The highest BCUT2D eigenvalue weighted by Crippen LogP contribution is 2.22. The molecule has 1 aromatic rings. The van der Waals surface area contributed by atoms with Crippen molar-refractivity contribution in [2.24, 2.45) is 0 Å². The minimum atomic E-state index is -0.244. The van der Waals surface area contributed by atoms with Crippen LogP contribution in [-0.4, -0.2) is 17.3 Å². The van der Waals surface area contributed by atoms with E-state index >= 15 is 0 Å². The second-order valence-corrected chi connectivity index (χ2v) is 4.90. The zero-order chi connectivity index (χ0) is 12.3. The maximum absolute atomic E-state index is 12.8. The maximum atomic E-state index is 12.8. The van der Waals surface area contributed by atoms with Crippen LogP contribution in [0.15, 0.2) is 24.3 Å². The molecule has 1 aliphatic rings. The van der Waals surface area contributed by atoms with E-state index < -0.39 is 0 Å². The molecule has 2 nitrogen and oxygen atoms in total. The van der Waals surface area contributed by atoms with E-state index in [0.717, 1.165) is 24.8 Å². The molecule has 0 spiro atoms. The quantitative estimate of drug-likeness (QED) is 0.847. The van der Waals surface area contributed by atoms with Gasteiger partial charge in [0.2, 0.25) is 0 Å². The van der Waals surface area contributed by atoms with Crippen LogP contribution in [-0.2, 0) is 0 Å². The van der Waals surface area contributed by atoms with Crippen molar-refractivity contribution in [1.29, 1.82) is 0 Å². The number of aliphatic hydroxyl groups is 1. The first-order chi connectivity index (χ1) is 8.16. The van der Waals surface area contributed by atoms with Gasteiger partial charge in [0.15, 0.2) is 0 Å². The van der Waals surface area contributed by atoms with Gasteiger partial charge in [0, 0.05) is 12.1 Å². The molecule has 1 aliphatic carbocycles. The SMILES string of the molecule is C[C@@H](N[C@@H]1CCCC[C@H]1O)c1ccc(F)cc1. The summed E-state index contributed by atoms with van der Waals surface area (Å²) < 4.78 is 12.8. The summed E-state index contributed by atoms with van der Waals surface area (Å²) in [6.07, 6.45) is 3.95. The first kappa shape index (κ1) is 12.5. The van der Waals surface area contributed by atoms with Crippen LogP contribution in [0.4, 0.5) is 4.39 Å². The molecule has 2 N–H and O–H groups in total. The fourth-order valence-electron chi connectivity index (χ4n) is 2.47. The van der Waals surface area contributed by atoms with Crippen molar-refractivity contribution in [2.45, 2.75) is 50.8 Å². The number of halogens is 1. The Morgan fingerprint density at radius 1 is 1.24 bits per heavy atom. The van der Waals surface area contributed by atoms with Gasteiger partial charge in [0.05, 0.1) is 6.10 Å². The molecular weight excluding hydrogens is 217 g/mol. The van der Waals surface area contributed by atoms with Crippen molar-refractivity contribution in [3.05, 3.63) is 35.6 Å². The number of nitrogens with one attached hydrogen (secondary N) is 1. The summed E-state index contributed by atoms with van der Waals surface area (Å²) in [6, 6.07) is 6.86. The number of rotatable bonds is 3. The van der Waals surface area contributed by atoms with E-state index in [0.29, 0.717) is 0 Å². The van der Waals surface area contributed by atoms with Gasteiger partial charge in [0.25, 0.3) is 0 Å². The van der Waals surface area contributed by atoms with Crippen LogP contribution in [0.1, 0.15) is 44.2 Å². The minimum Gasteiger partial charge on any atom is -0.392 e. The van der Waals surface area contributed by atoms with Crippen LogP contribution in [0.5, 0.6) is 0 Å². The molecule has 0 bridgehead atoms. The zero-order valence-corrected chi connectivity index (χ0v) is 10.2. The summed E-state index contributed by atoms with van der Waals surface area (Å²) in [5.74, 6) is -0.210. The van der Waals surface area contributed by atoms with Gasteiger partial charge in [-0.05, 0) is 37.5 Å². The van der Waals surface area contributed by atoms with E-state index in [-0.39, 0.29) is 24.0 Å². The van der Waals surface area contributed by atoms with Crippen LogP contribution in [0, 0.1) is 5.82 Å². The molecule has 94 valence electrons. The van der Waals surface area contributed by atoms with Gasteiger partial charge >= 0.3 is 0 Å². The van der Waals surface area contributed by atoms with Gasteiger partial charge in [-0.3, -0.25) is 0 Å². The summed E-state index contributed by atoms with van der Waals surface area (Å²) in [5.41, 5.74) is 1.06. The van der Waals surface area contributed by atoms with E-state index in [2.05, 4.69) is 12.2 Å². The average Bonchev–Trinajstić information content (AvgIpc) is 2.33. The lowest BCUT2D eigenvalue weighted by molar-refractivity contribution is 0.0860. The predicted molar refractivity (Wildman–Crippen MR) is 66.2 cm³/mol. The number of hydrogen-bond donors (Lipinski definition) is 2. The maximum Gasteiger partial charge on any atom is 0.123 e. The molecule has 17 heavy (non-hydrogen) atoms. The summed E-state index contributed by atoms with van der Waals surface area (Å²) in [7, 11) is 0. The lowest BCUT2D eigenvalue weighted by atomic mass is 9.91. The zero-order valence-electron chi connectivity index (χ0n) is 10.2. The monoisotopic (exact) mass is 237 g/mol. The largest absolute Gasteiger partial charge is 0.392 e. The van der Waals surface area contributed by atoms with Gasteiger partial charge in [-0.2, -0.15) is 0 Å². The van der Waals surface area contributed by atoms with Gasteiger partial charge in [-0.15, -0.1) is 0 Å². The summed E-state index contributed by atoms with van der Waals surface area (Å²) in [5, 5.41) is 13.3. The molecule has 1 saturated carbocycles. The topological polar surface area (TPSA) is 32.3 Å². The second kappa shape index (κ2) is 5.61. The smallest absolute Gasteiger partial charge is 0.123 e. The van der Waals surface area contributed by atoms with Crippen LogP contribution >= 0.6 is 0 Å². The number of benzene rings is 1. The average molecular weight is 237 g/mol. The predicted octanol–water partition coefficient (Wildman–Crippen LogP) is 2.78. The highest BCUT2D eigenvalue weighted by molar-refractivity contribution is 5.19. The molecule has 3 heteroatoms. The Hall–Kier alpha value is -0.930. The van der Waals surface area contributed by atoms with Crippen molar-refractivity contribution in [3.8, 4) is 0 Å². The summed E-state index contributed by atoms with van der Waals surface area (Å²) in [6.45, 7) is 2.05. The van der Waals surface area contributed by atoms with Crippen molar-refractivity contribution in [3.63, 3.8) is 0 Å². The van der Waals surface area contributed by atoms with Crippen LogP contribution in [0.2, 0.25) is 0 Å². The van der Waals surface area contributed by atoms with Gasteiger partial charge < -0.3 is 10.4 Å². The van der Waals surface area contributed by atoms with Gasteiger partial charge in [-0.25, -0.2) is 4.39 Å². The molecule has 0 saturated heterocycles. The Morgan fingerprint density at radius 3 is 2.53 bits per heavy atom. The third kappa shape index (κ3) is 3.27.